The molecular weight excluding hydrogens is 310 g/mol. The molecule has 3 rings (SSSR count). The molecule has 1 heterocycles. The maximum atomic E-state index is 10.8. The number of hydrogen-bond acceptors (Lipinski definition) is 3. The molecule has 1 aromatic heterocycles. The van der Waals surface area contributed by atoms with Crippen LogP contribution < -0.4 is 4.74 Å². The third-order valence-electron chi connectivity index (χ3n) is 4.23. The molecule has 3 nitrogen and oxygen atoms in total. The lowest BCUT2D eigenvalue weighted by atomic mass is 9.86. The molecule has 3 heteroatoms. The van der Waals surface area contributed by atoms with Gasteiger partial charge in [0.15, 0.2) is 0 Å². The van der Waals surface area contributed by atoms with Crippen molar-refractivity contribution in [3.05, 3.63) is 72.6 Å². The van der Waals surface area contributed by atoms with E-state index < -0.39 is 0 Å². The lowest BCUT2D eigenvalue weighted by Gasteiger charge is -2.19. The molecule has 25 heavy (non-hydrogen) atoms. The molecule has 0 saturated heterocycles. The van der Waals surface area contributed by atoms with Crippen LogP contribution >= 0.6 is 0 Å². The van der Waals surface area contributed by atoms with E-state index in [9.17, 15) is 4.79 Å². The number of benzene rings is 2. The molecule has 0 aliphatic rings. The normalized spacial score (nSPS) is 11.2. The summed E-state index contributed by atoms with van der Waals surface area (Å²) in [6.07, 6.45) is 3.45. The fourth-order valence-electron chi connectivity index (χ4n) is 2.78. The zero-order valence-electron chi connectivity index (χ0n) is 14.7. The Bertz CT molecular complexity index is 863. The lowest BCUT2D eigenvalue weighted by Crippen LogP contribution is -2.10. The van der Waals surface area contributed by atoms with Crippen LogP contribution in [-0.2, 0) is 10.2 Å². The third-order valence-corrected chi connectivity index (χ3v) is 4.23. The van der Waals surface area contributed by atoms with E-state index in [-0.39, 0.29) is 5.41 Å². The number of pyridine rings is 1. The molecule has 0 aliphatic heterocycles. The molecule has 0 unspecified atom stereocenters. The van der Waals surface area contributed by atoms with Crippen LogP contribution in [0.5, 0.6) is 5.75 Å². The average Bonchev–Trinajstić information content (AvgIpc) is 2.62. The van der Waals surface area contributed by atoms with E-state index in [1.54, 1.807) is 12.4 Å². The van der Waals surface area contributed by atoms with Gasteiger partial charge in [0.1, 0.15) is 5.75 Å². The molecule has 0 aliphatic carbocycles. The van der Waals surface area contributed by atoms with Gasteiger partial charge in [-0.25, -0.2) is 0 Å². The molecule has 2 aromatic carbocycles. The Morgan fingerprint density at radius 3 is 2.08 bits per heavy atom. The zero-order valence-corrected chi connectivity index (χ0v) is 14.7. The molecular formula is C22H21NO2. The molecule has 0 saturated carbocycles. The van der Waals surface area contributed by atoms with Gasteiger partial charge in [-0.2, -0.15) is 0 Å². The summed E-state index contributed by atoms with van der Waals surface area (Å²) in [6.45, 7) is 7.07. The van der Waals surface area contributed by atoms with Crippen molar-refractivity contribution in [1.82, 2.24) is 4.98 Å². The zero-order chi connectivity index (χ0) is 17.9. The van der Waals surface area contributed by atoms with Crippen molar-refractivity contribution in [3.8, 4) is 28.0 Å². The van der Waals surface area contributed by atoms with Crippen LogP contribution in [-0.4, -0.2) is 11.5 Å². The highest BCUT2D eigenvalue weighted by atomic mass is 16.5. The highest BCUT2D eigenvalue weighted by Crippen LogP contribution is 2.34. The number of rotatable bonds is 4. The average molecular weight is 331 g/mol. The van der Waals surface area contributed by atoms with Crippen molar-refractivity contribution in [2.24, 2.45) is 0 Å². The number of carbonyl (C=O) groups excluding carboxylic acids is 1. The summed E-state index contributed by atoms with van der Waals surface area (Å²) in [5.41, 5.74) is 5.45. The molecule has 0 atom stereocenters. The number of nitrogens with zero attached hydrogens (tertiary/aromatic N) is 1. The summed E-state index contributed by atoms with van der Waals surface area (Å²) in [7, 11) is 0. The maximum Gasteiger partial charge on any atom is 0.298 e. The van der Waals surface area contributed by atoms with Crippen LogP contribution in [0, 0.1) is 0 Å². The van der Waals surface area contributed by atoms with E-state index >= 15 is 0 Å². The Hall–Kier alpha value is -2.94. The van der Waals surface area contributed by atoms with E-state index in [0.717, 1.165) is 22.3 Å². The van der Waals surface area contributed by atoms with Crippen molar-refractivity contribution < 1.29 is 9.53 Å². The minimum atomic E-state index is 0.127. The fraction of sp³-hybridized carbons (Fsp3) is 0.182. The summed E-state index contributed by atoms with van der Waals surface area (Å²) in [5.74, 6) is 0.538. The van der Waals surface area contributed by atoms with Gasteiger partial charge in [0.25, 0.3) is 6.47 Å². The van der Waals surface area contributed by atoms with Gasteiger partial charge >= 0.3 is 0 Å². The molecule has 0 N–H and O–H groups in total. The van der Waals surface area contributed by atoms with Crippen molar-refractivity contribution in [3.63, 3.8) is 0 Å². The van der Waals surface area contributed by atoms with Crippen LogP contribution in [0.1, 0.15) is 26.3 Å². The van der Waals surface area contributed by atoms with E-state index in [1.807, 2.05) is 30.3 Å². The topological polar surface area (TPSA) is 39.2 Å². The largest absolute Gasteiger partial charge is 0.428 e. The van der Waals surface area contributed by atoms with Crippen molar-refractivity contribution in [2.45, 2.75) is 26.2 Å². The molecule has 3 aromatic rings. The third kappa shape index (κ3) is 3.77. The van der Waals surface area contributed by atoms with Crippen LogP contribution in [0.25, 0.3) is 22.3 Å². The molecule has 0 amide bonds. The molecule has 0 fully saturated rings. The quantitative estimate of drug-likeness (QED) is 0.613. The second-order valence-corrected chi connectivity index (χ2v) is 6.99. The van der Waals surface area contributed by atoms with Crippen LogP contribution in [0.3, 0.4) is 0 Å². The Labute approximate surface area is 148 Å². The van der Waals surface area contributed by atoms with Gasteiger partial charge in [0, 0.05) is 18.0 Å². The number of aromatic nitrogens is 1. The first kappa shape index (κ1) is 16.9. The van der Waals surface area contributed by atoms with Gasteiger partial charge in [0.05, 0.1) is 0 Å². The fourth-order valence-corrected chi connectivity index (χ4v) is 2.78. The van der Waals surface area contributed by atoms with E-state index in [4.69, 9.17) is 4.74 Å². The summed E-state index contributed by atoms with van der Waals surface area (Å²) in [5, 5.41) is 0. The Morgan fingerprint density at radius 1 is 0.840 bits per heavy atom. The first-order chi connectivity index (χ1) is 12.0. The maximum absolute atomic E-state index is 10.8. The highest BCUT2D eigenvalue weighted by Gasteiger charge is 2.14. The first-order valence-corrected chi connectivity index (χ1v) is 8.25. The standard InChI is InChI=1S/C22H21NO2/c1-22(2,3)19-7-4-16(5-8-19)18-6-9-21(25-15-24)20(14-18)17-10-12-23-13-11-17/h4-15H,1-3H3. The molecule has 0 radical (unpaired) electrons. The van der Waals surface area contributed by atoms with Crippen LogP contribution in [0.4, 0.5) is 0 Å². The Morgan fingerprint density at radius 2 is 1.48 bits per heavy atom. The van der Waals surface area contributed by atoms with Gasteiger partial charge in [0.2, 0.25) is 0 Å². The minimum Gasteiger partial charge on any atom is -0.428 e. The smallest absolute Gasteiger partial charge is 0.298 e. The van der Waals surface area contributed by atoms with E-state index in [0.29, 0.717) is 12.2 Å². The Balaban J connectivity index is 2.04. The monoisotopic (exact) mass is 331 g/mol. The Kier molecular flexibility index (Phi) is 4.66. The second-order valence-electron chi connectivity index (χ2n) is 6.99. The first-order valence-electron chi connectivity index (χ1n) is 8.25. The van der Waals surface area contributed by atoms with Crippen molar-refractivity contribution >= 4 is 6.47 Å². The summed E-state index contributed by atoms with van der Waals surface area (Å²) in [4.78, 5) is 14.9. The van der Waals surface area contributed by atoms with Gasteiger partial charge < -0.3 is 4.74 Å². The van der Waals surface area contributed by atoms with Crippen LogP contribution in [0.15, 0.2) is 67.0 Å². The molecule has 0 bridgehead atoms. The van der Waals surface area contributed by atoms with Gasteiger partial charge in [-0.05, 0) is 51.9 Å². The van der Waals surface area contributed by atoms with E-state index in [1.165, 1.54) is 5.56 Å². The lowest BCUT2D eigenvalue weighted by molar-refractivity contribution is -0.120. The summed E-state index contributed by atoms with van der Waals surface area (Å²) < 4.78 is 5.15. The number of hydrogen-bond donors (Lipinski definition) is 0. The van der Waals surface area contributed by atoms with Crippen molar-refractivity contribution in [2.75, 3.05) is 0 Å². The minimum absolute atomic E-state index is 0.127. The number of carbonyl (C=O) groups is 1. The van der Waals surface area contributed by atoms with Gasteiger partial charge in [-0.1, -0.05) is 51.1 Å². The highest BCUT2D eigenvalue weighted by molar-refractivity contribution is 5.78. The van der Waals surface area contributed by atoms with Gasteiger partial charge in [-0.15, -0.1) is 0 Å². The summed E-state index contributed by atoms with van der Waals surface area (Å²) >= 11 is 0. The SMILES string of the molecule is CC(C)(C)c1ccc(-c2ccc(OC=O)c(-c3ccncc3)c2)cc1. The number of ether oxygens (including phenoxy) is 1. The second kappa shape index (κ2) is 6.89. The predicted molar refractivity (Wildman–Crippen MR) is 101 cm³/mol. The van der Waals surface area contributed by atoms with Crippen molar-refractivity contribution in [1.29, 1.82) is 0 Å². The predicted octanol–water partition coefficient (Wildman–Crippen LogP) is 5.25. The van der Waals surface area contributed by atoms with Crippen LogP contribution in [0.2, 0.25) is 0 Å². The van der Waals surface area contributed by atoms with Gasteiger partial charge in [-0.3, -0.25) is 9.78 Å². The molecule has 0 spiro atoms. The summed E-state index contributed by atoms with van der Waals surface area (Å²) in [6, 6.07) is 18.2. The molecule has 126 valence electrons. The van der Waals surface area contributed by atoms with E-state index in [2.05, 4.69) is 50.0 Å².